The minimum Gasteiger partial charge on any atom is -0.367 e. The van der Waals surface area contributed by atoms with Gasteiger partial charge in [0.1, 0.15) is 0 Å². The van der Waals surface area contributed by atoms with Gasteiger partial charge in [0.15, 0.2) is 0 Å². The van der Waals surface area contributed by atoms with Crippen molar-refractivity contribution < 1.29 is 0 Å². The summed E-state index contributed by atoms with van der Waals surface area (Å²) in [4.78, 5) is 2.47. The molecule has 2 rings (SSSR count). The fourth-order valence-corrected chi connectivity index (χ4v) is 4.00. The van der Waals surface area contributed by atoms with Crippen LogP contribution in [0.15, 0.2) is 18.2 Å². The number of likely N-dealkylation sites (N-methyl/N-ethyl adjacent to an activating group) is 1. The van der Waals surface area contributed by atoms with Crippen LogP contribution in [0.4, 0.5) is 5.69 Å². The molecule has 1 fully saturated rings. The lowest BCUT2D eigenvalue weighted by atomic mass is 9.68. The van der Waals surface area contributed by atoms with Crippen molar-refractivity contribution in [2.75, 3.05) is 18.5 Å². The first-order valence-corrected chi connectivity index (χ1v) is 7.91. The maximum atomic E-state index is 6.26. The Morgan fingerprint density at radius 2 is 1.75 bits per heavy atom. The Kier molecular flexibility index (Phi) is 4.43. The van der Waals surface area contributed by atoms with Crippen LogP contribution < -0.4 is 10.6 Å². The van der Waals surface area contributed by atoms with E-state index in [1.54, 1.807) is 0 Å². The quantitative estimate of drug-likeness (QED) is 0.906. The largest absolute Gasteiger partial charge is 0.367 e. The molecule has 1 aliphatic rings. The molecule has 2 N–H and O–H groups in total. The molecule has 2 heteroatoms. The fraction of sp³-hybridized carbons (Fsp3) is 0.667. The monoisotopic (exact) mass is 274 g/mol. The third kappa shape index (κ3) is 2.71. The number of anilines is 1. The van der Waals surface area contributed by atoms with Gasteiger partial charge in [-0.3, -0.25) is 0 Å². The van der Waals surface area contributed by atoms with E-state index in [0.717, 1.165) is 12.5 Å². The van der Waals surface area contributed by atoms with Gasteiger partial charge in [-0.25, -0.2) is 0 Å². The molecule has 3 atom stereocenters. The van der Waals surface area contributed by atoms with Crippen LogP contribution in [-0.4, -0.2) is 19.1 Å². The highest BCUT2D eigenvalue weighted by atomic mass is 15.2. The minimum atomic E-state index is 0.109. The molecule has 0 aliphatic heterocycles. The summed E-state index contributed by atoms with van der Waals surface area (Å²) in [5, 5.41) is 0. The lowest BCUT2D eigenvalue weighted by Gasteiger charge is -2.51. The van der Waals surface area contributed by atoms with Gasteiger partial charge in [-0.2, -0.15) is 0 Å². The first-order chi connectivity index (χ1) is 9.39. The standard InChI is InChI=1S/C18H30N2/c1-13-6-7-16(4)18(11-13,12-19)20(5)17-9-14(2)8-15(3)10-17/h8-10,13,16H,6-7,11-12,19H2,1-5H3. The Morgan fingerprint density at radius 3 is 2.30 bits per heavy atom. The Hall–Kier alpha value is -1.02. The van der Waals surface area contributed by atoms with Crippen LogP contribution in [0, 0.1) is 25.7 Å². The average Bonchev–Trinajstić information content (AvgIpc) is 2.39. The molecule has 112 valence electrons. The van der Waals surface area contributed by atoms with Gasteiger partial charge >= 0.3 is 0 Å². The third-order valence-electron chi connectivity index (χ3n) is 5.33. The van der Waals surface area contributed by atoms with Gasteiger partial charge in [-0.05, 0) is 61.8 Å². The van der Waals surface area contributed by atoms with Crippen molar-refractivity contribution in [2.24, 2.45) is 17.6 Å². The third-order valence-corrected chi connectivity index (χ3v) is 5.33. The second-order valence-corrected chi connectivity index (χ2v) is 7.00. The number of hydrogen-bond acceptors (Lipinski definition) is 2. The number of nitrogens with zero attached hydrogens (tertiary/aromatic N) is 1. The summed E-state index contributed by atoms with van der Waals surface area (Å²) in [7, 11) is 2.23. The zero-order valence-electron chi connectivity index (χ0n) is 13.7. The van der Waals surface area contributed by atoms with E-state index in [1.165, 1.54) is 36.1 Å². The summed E-state index contributed by atoms with van der Waals surface area (Å²) < 4.78 is 0. The molecule has 0 saturated heterocycles. The van der Waals surface area contributed by atoms with Crippen LogP contribution >= 0.6 is 0 Å². The van der Waals surface area contributed by atoms with Crippen molar-refractivity contribution in [3.05, 3.63) is 29.3 Å². The molecule has 0 amide bonds. The van der Waals surface area contributed by atoms with Crippen LogP contribution in [0.25, 0.3) is 0 Å². The Balaban J connectivity index is 2.39. The maximum absolute atomic E-state index is 6.26. The molecule has 0 heterocycles. The summed E-state index contributed by atoms with van der Waals surface area (Å²) in [5.74, 6) is 1.41. The zero-order chi connectivity index (χ0) is 14.9. The van der Waals surface area contributed by atoms with Gasteiger partial charge in [0.05, 0.1) is 5.54 Å². The number of rotatable bonds is 3. The lowest BCUT2D eigenvalue weighted by molar-refractivity contribution is 0.162. The van der Waals surface area contributed by atoms with E-state index in [-0.39, 0.29) is 5.54 Å². The van der Waals surface area contributed by atoms with E-state index in [9.17, 15) is 0 Å². The van der Waals surface area contributed by atoms with Crippen molar-refractivity contribution in [3.63, 3.8) is 0 Å². The van der Waals surface area contributed by atoms with Crippen molar-refractivity contribution in [2.45, 2.75) is 52.5 Å². The van der Waals surface area contributed by atoms with Crippen molar-refractivity contribution >= 4 is 5.69 Å². The molecule has 1 aliphatic carbocycles. The predicted octanol–water partition coefficient (Wildman–Crippen LogP) is 3.89. The molecule has 0 radical (unpaired) electrons. The van der Waals surface area contributed by atoms with Crippen LogP contribution in [0.3, 0.4) is 0 Å². The number of aryl methyl sites for hydroxylation is 2. The smallest absolute Gasteiger partial charge is 0.0548 e. The molecule has 2 nitrogen and oxygen atoms in total. The van der Waals surface area contributed by atoms with Crippen LogP contribution in [-0.2, 0) is 0 Å². The highest BCUT2D eigenvalue weighted by Crippen LogP contribution is 2.42. The molecule has 20 heavy (non-hydrogen) atoms. The van der Waals surface area contributed by atoms with E-state index in [0.29, 0.717) is 5.92 Å². The molecule has 0 spiro atoms. The Bertz CT molecular complexity index is 448. The molecule has 1 saturated carbocycles. The Labute approximate surface area is 124 Å². The molecule has 3 unspecified atom stereocenters. The second kappa shape index (κ2) is 5.77. The topological polar surface area (TPSA) is 29.3 Å². The van der Waals surface area contributed by atoms with Gasteiger partial charge in [-0.1, -0.05) is 26.3 Å². The summed E-state index contributed by atoms with van der Waals surface area (Å²) in [6, 6.07) is 6.81. The fourth-order valence-electron chi connectivity index (χ4n) is 4.00. The van der Waals surface area contributed by atoms with Gasteiger partial charge in [0.25, 0.3) is 0 Å². The average molecular weight is 274 g/mol. The van der Waals surface area contributed by atoms with E-state index in [2.05, 4.69) is 57.8 Å². The highest BCUT2D eigenvalue weighted by Gasteiger charge is 2.43. The van der Waals surface area contributed by atoms with Crippen LogP contribution in [0.5, 0.6) is 0 Å². The molecule has 0 aromatic heterocycles. The van der Waals surface area contributed by atoms with Crippen molar-refractivity contribution in [1.29, 1.82) is 0 Å². The normalized spacial score (nSPS) is 30.3. The summed E-state index contributed by atoms with van der Waals surface area (Å²) >= 11 is 0. The summed E-state index contributed by atoms with van der Waals surface area (Å²) in [5.41, 5.74) is 10.3. The van der Waals surface area contributed by atoms with Crippen molar-refractivity contribution in [3.8, 4) is 0 Å². The highest BCUT2D eigenvalue weighted by molar-refractivity contribution is 5.53. The van der Waals surface area contributed by atoms with Gasteiger partial charge < -0.3 is 10.6 Å². The summed E-state index contributed by atoms with van der Waals surface area (Å²) in [6.45, 7) is 9.82. The molecular formula is C18H30N2. The van der Waals surface area contributed by atoms with Gasteiger partial charge in [0, 0.05) is 19.3 Å². The molecule has 0 bridgehead atoms. The number of hydrogen-bond donors (Lipinski definition) is 1. The van der Waals surface area contributed by atoms with Crippen molar-refractivity contribution in [1.82, 2.24) is 0 Å². The van der Waals surface area contributed by atoms with E-state index in [4.69, 9.17) is 5.73 Å². The van der Waals surface area contributed by atoms with Gasteiger partial charge in [0.2, 0.25) is 0 Å². The lowest BCUT2D eigenvalue weighted by Crippen LogP contribution is -2.59. The van der Waals surface area contributed by atoms with E-state index in [1.807, 2.05) is 0 Å². The molecule has 1 aromatic carbocycles. The van der Waals surface area contributed by atoms with E-state index >= 15 is 0 Å². The molecular weight excluding hydrogens is 244 g/mol. The first-order valence-electron chi connectivity index (χ1n) is 7.91. The van der Waals surface area contributed by atoms with E-state index < -0.39 is 0 Å². The van der Waals surface area contributed by atoms with Crippen LogP contribution in [0.1, 0.15) is 44.2 Å². The zero-order valence-corrected chi connectivity index (χ0v) is 13.7. The molecule has 1 aromatic rings. The number of benzene rings is 1. The second-order valence-electron chi connectivity index (χ2n) is 7.00. The van der Waals surface area contributed by atoms with Crippen LogP contribution in [0.2, 0.25) is 0 Å². The Morgan fingerprint density at radius 1 is 1.15 bits per heavy atom. The number of nitrogens with two attached hydrogens (primary N) is 1. The van der Waals surface area contributed by atoms with Gasteiger partial charge in [-0.15, -0.1) is 0 Å². The summed E-state index contributed by atoms with van der Waals surface area (Å²) in [6.07, 6.45) is 3.82. The first kappa shape index (κ1) is 15.4. The maximum Gasteiger partial charge on any atom is 0.0548 e. The predicted molar refractivity (Wildman–Crippen MR) is 88.3 cm³/mol. The SMILES string of the molecule is Cc1cc(C)cc(N(C)C2(CN)CC(C)CCC2C)c1. The minimum absolute atomic E-state index is 0.109.